The Morgan fingerprint density at radius 2 is 2.10 bits per heavy atom. The molecule has 6 nitrogen and oxygen atoms in total. The molecule has 1 aliphatic rings. The van der Waals surface area contributed by atoms with Gasteiger partial charge in [-0.1, -0.05) is 0 Å². The van der Waals surface area contributed by atoms with Crippen molar-refractivity contribution >= 4 is 23.4 Å². The van der Waals surface area contributed by atoms with Crippen LogP contribution in [0.3, 0.4) is 0 Å². The lowest BCUT2D eigenvalue weighted by Gasteiger charge is -2.31. The number of nitrogens with one attached hydrogen (secondary N) is 1. The van der Waals surface area contributed by atoms with Gasteiger partial charge in [0, 0.05) is 24.7 Å². The van der Waals surface area contributed by atoms with E-state index in [-0.39, 0.29) is 17.6 Å². The van der Waals surface area contributed by atoms with Crippen molar-refractivity contribution in [1.82, 2.24) is 10.2 Å². The van der Waals surface area contributed by atoms with Gasteiger partial charge in [-0.3, -0.25) is 14.9 Å². The van der Waals surface area contributed by atoms with Crippen molar-refractivity contribution < 1.29 is 9.72 Å². The molecule has 0 aliphatic carbocycles. The third-order valence-corrected chi connectivity index (χ3v) is 4.58. The van der Waals surface area contributed by atoms with Crippen LogP contribution in [-0.2, 0) is 0 Å². The molecule has 0 radical (unpaired) electrons. The second-order valence-corrected chi connectivity index (χ2v) is 5.89. The number of rotatable bonds is 4. The van der Waals surface area contributed by atoms with Crippen LogP contribution in [0.4, 0.5) is 5.69 Å². The van der Waals surface area contributed by atoms with Crippen LogP contribution in [-0.4, -0.2) is 48.2 Å². The first-order valence-electron chi connectivity index (χ1n) is 6.85. The molecule has 0 bridgehead atoms. The molecule has 1 N–H and O–H groups in total. The average molecular weight is 309 g/mol. The van der Waals surface area contributed by atoms with Crippen LogP contribution in [0.25, 0.3) is 0 Å². The highest BCUT2D eigenvalue weighted by atomic mass is 32.2. The van der Waals surface area contributed by atoms with E-state index in [0.29, 0.717) is 10.5 Å². The molecule has 1 aromatic carbocycles. The van der Waals surface area contributed by atoms with Crippen LogP contribution < -0.4 is 5.32 Å². The number of nitro benzene ring substituents is 1. The number of thioether (sulfide) groups is 1. The van der Waals surface area contributed by atoms with E-state index in [2.05, 4.69) is 5.32 Å². The molecule has 0 aromatic heterocycles. The predicted octanol–water partition coefficient (Wildman–Crippen LogP) is 2.14. The quantitative estimate of drug-likeness (QED) is 0.524. The van der Waals surface area contributed by atoms with E-state index < -0.39 is 4.92 Å². The molecule has 1 aromatic rings. The summed E-state index contributed by atoms with van der Waals surface area (Å²) in [6, 6.07) is 4.88. The van der Waals surface area contributed by atoms with Crippen LogP contribution in [0.2, 0.25) is 0 Å². The van der Waals surface area contributed by atoms with E-state index >= 15 is 0 Å². The maximum atomic E-state index is 12.5. The Balaban J connectivity index is 2.22. The predicted molar refractivity (Wildman–Crippen MR) is 82.9 cm³/mol. The minimum atomic E-state index is -0.437. The number of carbonyl (C=O) groups is 1. The second-order valence-electron chi connectivity index (χ2n) is 5.04. The number of carbonyl (C=O) groups excluding carboxylic acids is 1. The van der Waals surface area contributed by atoms with Crippen molar-refractivity contribution in [3.63, 3.8) is 0 Å². The number of hydrogen-bond acceptors (Lipinski definition) is 5. The molecule has 0 spiro atoms. The fourth-order valence-corrected chi connectivity index (χ4v) is 3.08. The number of nitrogens with zero attached hydrogens (tertiary/aromatic N) is 2. The topological polar surface area (TPSA) is 75.5 Å². The van der Waals surface area contributed by atoms with Crippen molar-refractivity contribution in [2.45, 2.75) is 23.8 Å². The first kappa shape index (κ1) is 15.8. The van der Waals surface area contributed by atoms with Gasteiger partial charge in [0.2, 0.25) is 0 Å². The lowest BCUT2D eigenvalue weighted by atomic mass is 10.0. The summed E-state index contributed by atoms with van der Waals surface area (Å²) in [7, 11) is 1.77. The molecule has 0 atom stereocenters. The standard InChI is InChI=1S/C14H19N3O3S/c1-16(11-5-7-15-8-6-11)14(18)10-3-4-13(21-2)12(9-10)17(19)20/h3-4,9,11,15H,5-8H2,1-2H3. The van der Waals surface area contributed by atoms with E-state index in [9.17, 15) is 14.9 Å². The third-order valence-electron chi connectivity index (χ3n) is 3.80. The normalized spacial score (nSPS) is 15.7. The third kappa shape index (κ3) is 3.54. The van der Waals surface area contributed by atoms with Crippen molar-refractivity contribution in [2.24, 2.45) is 0 Å². The van der Waals surface area contributed by atoms with Gasteiger partial charge in [-0.05, 0) is 44.3 Å². The Morgan fingerprint density at radius 3 is 2.67 bits per heavy atom. The molecule has 1 heterocycles. The molecule has 1 aliphatic heterocycles. The van der Waals surface area contributed by atoms with Crippen LogP contribution in [0.5, 0.6) is 0 Å². The second kappa shape index (κ2) is 6.91. The van der Waals surface area contributed by atoms with E-state index in [1.807, 2.05) is 0 Å². The average Bonchev–Trinajstić information content (AvgIpc) is 2.53. The summed E-state index contributed by atoms with van der Waals surface area (Å²) in [5, 5.41) is 14.3. The Labute approximate surface area is 128 Å². The minimum absolute atomic E-state index is 0.00735. The molecule has 0 saturated carbocycles. The Morgan fingerprint density at radius 1 is 1.43 bits per heavy atom. The fraction of sp³-hybridized carbons (Fsp3) is 0.500. The number of amides is 1. The molecule has 114 valence electrons. The molecular formula is C14H19N3O3S. The van der Waals surface area contributed by atoms with Crippen molar-refractivity contribution in [1.29, 1.82) is 0 Å². The maximum Gasteiger partial charge on any atom is 0.283 e. The van der Waals surface area contributed by atoms with Gasteiger partial charge in [-0.15, -0.1) is 11.8 Å². The zero-order chi connectivity index (χ0) is 15.4. The van der Waals surface area contributed by atoms with Crippen LogP contribution >= 0.6 is 11.8 Å². The monoisotopic (exact) mass is 309 g/mol. The van der Waals surface area contributed by atoms with Gasteiger partial charge in [0.05, 0.1) is 9.82 Å². The largest absolute Gasteiger partial charge is 0.339 e. The lowest BCUT2D eigenvalue weighted by molar-refractivity contribution is -0.387. The highest BCUT2D eigenvalue weighted by Crippen LogP contribution is 2.29. The van der Waals surface area contributed by atoms with E-state index in [4.69, 9.17) is 0 Å². The summed E-state index contributed by atoms with van der Waals surface area (Å²) in [6.45, 7) is 1.79. The van der Waals surface area contributed by atoms with Crippen molar-refractivity contribution in [2.75, 3.05) is 26.4 Å². The van der Waals surface area contributed by atoms with E-state index in [1.54, 1.807) is 30.3 Å². The first-order chi connectivity index (χ1) is 10.0. The molecule has 7 heteroatoms. The smallest absolute Gasteiger partial charge is 0.283 e. The van der Waals surface area contributed by atoms with Crippen molar-refractivity contribution in [3.8, 4) is 0 Å². The van der Waals surface area contributed by atoms with Crippen molar-refractivity contribution in [3.05, 3.63) is 33.9 Å². The molecule has 1 saturated heterocycles. The maximum absolute atomic E-state index is 12.5. The Hall–Kier alpha value is -1.60. The molecular weight excluding hydrogens is 290 g/mol. The summed E-state index contributed by atoms with van der Waals surface area (Å²) in [5.74, 6) is -0.155. The van der Waals surface area contributed by atoms with Gasteiger partial charge in [0.15, 0.2) is 0 Å². The van der Waals surface area contributed by atoms with E-state index in [1.165, 1.54) is 17.8 Å². The number of hydrogen-bond donors (Lipinski definition) is 1. The number of nitro groups is 1. The molecule has 2 rings (SSSR count). The summed E-state index contributed by atoms with van der Waals surface area (Å²) < 4.78 is 0. The highest BCUT2D eigenvalue weighted by molar-refractivity contribution is 7.98. The Bertz CT molecular complexity index is 544. The van der Waals surface area contributed by atoms with Crippen LogP contribution in [0.1, 0.15) is 23.2 Å². The number of piperidine rings is 1. The summed E-state index contributed by atoms with van der Waals surface area (Å²) >= 11 is 1.31. The van der Waals surface area contributed by atoms with E-state index in [0.717, 1.165) is 25.9 Å². The summed E-state index contributed by atoms with van der Waals surface area (Å²) in [6.07, 6.45) is 3.60. The van der Waals surface area contributed by atoms with Gasteiger partial charge >= 0.3 is 0 Å². The molecule has 1 fully saturated rings. The highest BCUT2D eigenvalue weighted by Gasteiger charge is 2.24. The minimum Gasteiger partial charge on any atom is -0.339 e. The van der Waals surface area contributed by atoms with Crippen LogP contribution in [0.15, 0.2) is 23.1 Å². The Kier molecular flexibility index (Phi) is 5.19. The summed E-state index contributed by atoms with van der Waals surface area (Å²) in [4.78, 5) is 25.4. The number of benzene rings is 1. The van der Waals surface area contributed by atoms with Gasteiger partial charge in [0.25, 0.3) is 11.6 Å². The van der Waals surface area contributed by atoms with Gasteiger partial charge < -0.3 is 10.2 Å². The zero-order valence-electron chi connectivity index (χ0n) is 12.2. The zero-order valence-corrected chi connectivity index (χ0v) is 13.0. The van der Waals surface area contributed by atoms with Crippen LogP contribution in [0, 0.1) is 10.1 Å². The SMILES string of the molecule is CSc1ccc(C(=O)N(C)C2CCNCC2)cc1[N+](=O)[O-]. The van der Waals surface area contributed by atoms with Gasteiger partial charge in [-0.2, -0.15) is 0 Å². The molecule has 0 unspecified atom stereocenters. The van der Waals surface area contributed by atoms with Gasteiger partial charge in [-0.25, -0.2) is 0 Å². The lowest BCUT2D eigenvalue weighted by Crippen LogP contribution is -2.43. The summed E-state index contributed by atoms with van der Waals surface area (Å²) in [5.41, 5.74) is 0.368. The molecule has 21 heavy (non-hydrogen) atoms. The molecule has 1 amide bonds. The first-order valence-corrected chi connectivity index (χ1v) is 8.07. The fourth-order valence-electron chi connectivity index (χ4n) is 2.53. The van der Waals surface area contributed by atoms with Gasteiger partial charge in [0.1, 0.15) is 0 Å².